The number of carbonyl (C=O) groups excluding carboxylic acids is 2. The molecule has 0 bridgehead atoms. The number of fused-ring (bicyclic) bond motifs is 5. The largest absolute Gasteiger partial charge is 0.326 e. The van der Waals surface area contributed by atoms with Crippen molar-refractivity contribution >= 4 is 17.4 Å². The zero-order valence-corrected chi connectivity index (χ0v) is 18.7. The minimum atomic E-state index is 0.109. The molecule has 0 spiro atoms. The third-order valence-electron chi connectivity index (χ3n) is 9.60. The van der Waals surface area contributed by atoms with E-state index in [1.165, 1.54) is 30.4 Å². The van der Waals surface area contributed by atoms with Gasteiger partial charge in [-0.1, -0.05) is 37.1 Å². The summed E-state index contributed by atoms with van der Waals surface area (Å²) in [5.41, 5.74) is 3.87. The molecule has 3 heteroatoms. The van der Waals surface area contributed by atoms with E-state index in [0.717, 1.165) is 31.4 Å². The van der Waals surface area contributed by atoms with E-state index in [1.54, 1.807) is 0 Å². The number of ketones is 1. The van der Waals surface area contributed by atoms with Crippen molar-refractivity contribution in [2.75, 3.05) is 5.32 Å². The van der Waals surface area contributed by atoms with Crippen LogP contribution in [0.1, 0.15) is 70.8 Å². The van der Waals surface area contributed by atoms with Crippen molar-refractivity contribution in [1.82, 2.24) is 0 Å². The van der Waals surface area contributed by atoms with E-state index in [-0.39, 0.29) is 22.7 Å². The monoisotopic (exact) mass is 405 g/mol. The molecule has 0 aliphatic heterocycles. The SMILES string of the molecule is Cc1ccc(NC(=O)[C@H]2CC[C@H]3[C@@H]4CCC5=CC(=O)CC[C@]5(C)[C@H]4CC[C@]23C)cc1. The summed E-state index contributed by atoms with van der Waals surface area (Å²) in [5.74, 6) is 2.69. The summed E-state index contributed by atoms with van der Waals surface area (Å²) in [6, 6.07) is 8.14. The maximum atomic E-state index is 13.3. The van der Waals surface area contributed by atoms with Gasteiger partial charge in [0.05, 0.1) is 0 Å². The van der Waals surface area contributed by atoms with Crippen LogP contribution in [0.2, 0.25) is 0 Å². The highest BCUT2D eigenvalue weighted by Crippen LogP contribution is 2.66. The van der Waals surface area contributed by atoms with Gasteiger partial charge in [-0.25, -0.2) is 0 Å². The zero-order valence-electron chi connectivity index (χ0n) is 18.7. The number of benzene rings is 1. The Balaban J connectivity index is 1.36. The summed E-state index contributed by atoms with van der Waals surface area (Å²) in [4.78, 5) is 25.3. The second-order valence-corrected chi connectivity index (χ2v) is 11.0. The summed E-state index contributed by atoms with van der Waals surface area (Å²) in [6.07, 6.45) is 10.5. The third kappa shape index (κ3) is 2.99. The smallest absolute Gasteiger partial charge is 0.228 e. The van der Waals surface area contributed by atoms with E-state index in [9.17, 15) is 9.59 Å². The molecule has 1 aromatic carbocycles. The standard InChI is InChI=1S/C27H35NO2/c1-17-4-7-19(8-5-17)28-25(30)24-11-10-22-21-9-6-18-16-20(29)12-14-26(18,2)23(21)13-15-27(22,24)3/h4-5,7-8,16,21-24H,6,9-15H2,1-3H3,(H,28,30)/t21-,22-,23-,24+,26-,27-/m0/s1. The fraction of sp³-hybridized carbons (Fsp3) is 0.630. The summed E-state index contributed by atoms with van der Waals surface area (Å²) in [5, 5.41) is 3.21. The van der Waals surface area contributed by atoms with E-state index >= 15 is 0 Å². The first kappa shape index (κ1) is 20.0. The van der Waals surface area contributed by atoms with E-state index in [0.29, 0.717) is 30.0 Å². The first-order valence-electron chi connectivity index (χ1n) is 11.9. The summed E-state index contributed by atoms with van der Waals surface area (Å²) >= 11 is 0. The fourth-order valence-corrected chi connectivity index (χ4v) is 7.86. The Hall–Kier alpha value is -1.90. The molecule has 3 saturated carbocycles. The summed E-state index contributed by atoms with van der Waals surface area (Å²) in [7, 11) is 0. The van der Waals surface area contributed by atoms with Gasteiger partial charge in [0.2, 0.25) is 5.91 Å². The van der Waals surface area contributed by atoms with E-state index in [2.05, 4.69) is 38.2 Å². The lowest BCUT2D eigenvalue weighted by Gasteiger charge is -2.58. The van der Waals surface area contributed by atoms with Crippen molar-refractivity contribution in [2.45, 2.75) is 72.1 Å². The van der Waals surface area contributed by atoms with Gasteiger partial charge < -0.3 is 5.32 Å². The number of nitrogens with one attached hydrogen (secondary N) is 1. The molecule has 4 aliphatic carbocycles. The highest BCUT2D eigenvalue weighted by Gasteiger charge is 2.60. The van der Waals surface area contributed by atoms with Gasteiger partial charge in [-0.15, -0.1) is 0 Å². The van der Waals surface area contributed by atoms with Crippen LogP contribution in [0.5, 0.6) is 0 Å². The predicted molar refractivity (Wildman–Crippen MR) is 120 cm³/mol. The molecule has 6 atom stereocenters. The van der Waals surface area contributed by atoms with Crippen molar-refractivity contribution < 1.29 is 9.59 Å². The van der Waals surface area contributed by atoms with Crippen LogP contribution in [0.4, 0.5) is 5.69 Å². The van der Waals surface area contributed by atoms with Crippen LogP contribution >= 0.6 is 0 Å². The molecular weight excluding hydrogens is 370 g/mol. The Morgan fingerprint density at radius 2 is 1.73 bits per heavy atom. The molecule has 0 heterocycles. The second-order valence-electron chi connectivity index (χ2n) is 11.0. The first-order valence-corrected chi connectivity index (χ1v) is 11.9. The highest BCUT2D eigenvalue weighted by atomic mass is 16.2. The van der Waals surface area contributed by atoms with Crippen molar-refractivity contribution in [3.05, 3.63) is 41.5 Å². The molecule has 30 heavy (non-hydrogen) atoms. The van der Waals surface area contributed by atoms with E-state index < -0.39 is 0 Å². The minimum absolute atomic E-state index is 0.109. The Labute approximate surface area is 180 Å². The Bertz CT molecular complexity index is 900. The number of anilines is 1. The van der Waals surface area contributed by atoms with Crippen molar-refractivity contribution in [3.8, 4) is 0 Å². The summed E-state index contributed by atoms with van der Waals surface area (Å²) in [6.45, 7) is 6.90. The molecule has 160 valence electrons. The van der Waals surface area contributed by atoms with Crippen molar-refractivity contribution in [2.24, 2.45) is 34.5 Å². The van der Waals surface area contributed by atoms with Gasteiger partial charge in [-0.3, -0.25) is 9.59 Å². The highest BCUT2D eigenvalue weighted by molar-refractivity contribution is 5.93. The molecule has 4 aliphatic rings. The normalized spacial score (nSPS) is 40.1. The van der Waals surface area contributed by atoms with Crippen LogP contribution < -0.4 is 5.32 Å². The van der Waals surface area contributed by atoms with Gasteiger partial charge in [-0.05, 0) is 98.7 Å². The molecule has 1 aromatic rings. The average Bonchev–Trinajstić information content (AvgIpc) is 3.07. The van der Waals surface area contributed by atoms with Gasteiger partial charge in [0.15, 0.2) is 5.78 Å². The van der Waals surface area contributed by atoms with Crippen LogP contribution in [0, 0.1) is 41.4 Å². The number of aryl methyl sites for hydroxylation is 1. The van der Waals surface area contributed by atoms with Crippen LogP contribution in [0.15, 0.2) is 35.9 Å². The lowest BCUT2D eigenvalue weighted by atomic mass is 9.47. The van der Waals surface area contributed by atoms with Crippen LogP contribution in [-0.4, -0.2) is 11.7 Å². The molecule has 0 radical (unpaired) electrons. The topological polar surface area (TPSA) is 46.2 Å². The maximum Gasteiger partial charge on any atom is 0.228 e. The van der Waals surface area contributed by atoms with E-state index in [4.69, 9.17) is 0 Å². The lowest BCUT2D eigenvalue weighted by Crippen LogP contribution is -2.51. The number of hydrogen-bond donors (Lipinski definition) is 1. The lowest BCUT2D eigenvalue weighted by molar-refractivity contribution is -0.127. The van der Waals surface area contributed by atoms with Gasteiger partial charge >= 0.3 is 0 Å². The Morgan fingerprint density at radius 3 is 2.50 bits per heavy atom. The maximum absolute atomic E-state index is 13.3. The Kier molecular flexibility index (Phi) is 4.72. The quantitative estimate of drug-likeness (QED) is 0.648. The van der Waals surface area contributed by atoms with Crippen molar-refractivity contribution in [1.29, 1.82) is 0 Å². The third-order valence-corrected chi connectivity index (χ3v) is 9.60. The first-order chi connectivity index (χ1) is 14.3. The molecule has 0 saturated heterocycles. The van der Waals surface area contributed by atoms with Crippen molar-refractivity contribution in [3.63, 3.8) is 0 Å². The van der Waals surface area contributed by atoms with Crippen LogP contribution in [0.3, 0.4) is 0 Å². The molecule has 3 fully saturated rings. The van der Waals surface area contributed by atoms with Gasteiger partial charge in [-0.2, -0.15) is 0 Å². The van der Waals surface area contributed by atoms with Gasteiger partial charge in [0.25, 0.3) is 0 Å². The molecular formula is C27H35NO2. The molecule has 1 amide bonds. The van der Waals surface area contributed by atoms with Gasteiger partial charge in [0, 0.05) is 18.0 Å². The Morgan fingerprint density at radius 1 is 0.967 bits per heavy atom. The van der Waals surface area contributed by atoms with Crippen LogP contribution in [0.25, 0.3) is 0 Å². The second kappa shape index (κ2) is 7.07. The zero-order chi connectivity index (χ0) is 21.1. The number of allylic oxidation sites excluding steroid dienone is 1. The molecule has 3 nitrogen and oxygen atoms in total. The molecule has 1 N–H and O–H groups in total. The van der Waals surface area contributed by atoms with Gasteiger partial charge in [0.1, 0.15) is 0 Å². The molecule has 5 rings (SSSR count). The van der Waals surface area contributed by atoms with Crippen LogP contribution in [-0.2, 0) is 9.59 Å². The predicted octanol–water partition coefficient (Wildman–Crippen LogP) is 6.08. The molecule has 0 aromatic heterocycles. The van der Waals surface area contributed by atoms with E-state index in [1.807, 2.05) is 18.2 Å². The molecule has 0 unspecified atom stereocenters. The fourth-order valence-electron chi connectivity index (χ4n) is 7.86. The summed E-state index contributed by atoms with van der Waals surface area (Å²) < 4.78 is 0. The number of hydrogen-bond acceptors (Lipinski definition) is 2. The number of rotatable bonds is 2. The average molecular weight is 406 g/mol. The number of carbonyl (C=O) groups is 2. The minimum Gasteiger partial charge on any atom is -0.326 e. The number of amides is 1.